The number of piperidine rings is 2. The minimum Gasteiger partial charge on any atom is -0.408 e. The number of aromatic nitrogens is 3. The maximum absolute atomic E-state index is 11.3. The Hall–Kier alpha value is -2.87. The van der Waals surface area contributed by atoms with Crippen LogP contribution in [0, 0.1) is 5.92 Å². The average molecular weight is 394 g/mol. The smallest absolute Gasteiger partial charge is 0.408 e. The lowest BCUT2D eigenvalue weighted by molar-refractivity contribution is 0.0649. The molecular formula is C21H26N6O2. The highest BCUT2D eigenvalue weighted by molar-refractivity contribution is 5.77. The van der Waals surface area contributed by atoms with Crippen LogP contribution in [0.15, 0.2) is 39.7 Å². The van der Waals surface area contributed by atoms with Gasteiger partial charge in [0.05, 0.1) is 5.52 Å². The number of nitrogens with zero attached hydrogens (tertiary/aromatic N) is 3. The number of oxazole rings is 1. The number of rotatable bonds is 5. The summed E-state index contributed by atoms with van der Waals surface area (Å²) in [6, 6.07) is 8.01. The van der Waals surface area contributed by atoms with Gasteiger partial charge >= 0.3 is 5.76 Å². The molecule has 2 saturated heterocycles. The van der Waals surface area contributed by atoms with Crippen LogP contribution in [0.4, 0.5) is 17.5 Å². The van der Waals surface area contributed by atoms with Gasteiger partial charge in [0, 0.05) is 24.5 Å². The van der Waals surface area contributed by atoms with Gasteiger partial charge in [-0.3, -0.25) is 4.98 Å². The number of H-pyrrole nitrogens is 1. The molecule has 3 aromatic rings. The molecule has 1 aromatic carbocycles. The predicted octanol–water partition coefficient (Wildman–Crippen LogP) is 3.33. The van der Waals surface area contributed by atoms with E-state index in [9.17, 15) is 4.79 Å². The second-order valence-corrected chi connectivity index (χ2v) is 8.00. The van der Waals surface area contributed by atoms with Crippen molar-refractivity contribution in [1.82, 2.24) is 19.9 Å². The van der Waals surface area contributed by atoms with Gasteiger partial charge in [0.25, 0.3) is 0 Å². The third kappa shape index (κ3) is 3.98. The molecule has 3 N–H and O–H groups in total. The molecule has 4 heterocycles. The zero-order valence-corrected chi connectivity index (χ0v) is 16.4. The highest BCUT2D eigenvalue weighted by Gasteiger charge is 2.32. The zero-order chi connectivity index (χ0) is 19.6. The van der Waals surface area contributed by atoms with Gasteiger partial charge in [-0.2, -0.15) is 4.98 Å². The van der Waals surface area contributed by atoms with Crippen molar-refractivity contribution >= 4 is 28.6 Å². The van der Waals surface area contributed by atoms with Gasteiger partial charge in [-0.05, 0) is 69.0 Å². The number of aromatic amines is 1. The number of hydrogen-bond acceptors (Lipinski definition) is 7. The highest BCUT2D eigenvalue weighted by atomic mass is 16.4. The lowest BCUT2D eigenvalue weighted by Crippen LogP contribution is -2.49. The van der Waals surface area contributed by atoms with E-state index in [0.29, 0.717) is 29.0 Å². The standard InChI is InChI=1S/C21H26N6O2/c28-21-25-16-12-15(6-7-18(16)29-21)24-20-22-9-8-19(26-20)23-13-14-4-3-11-27-10-2-1-5-17(14)27/h6-9,12,14,17H,1-5,10-11,13H2,(H,25,28)(H2,22,23,24,26). The molecule has 2 atom stereocenters. The average Bonchev–Trinajstić information content (AvgIpc) is 3.12. The molecular weight excluding hydrogens is 368 g/mol. The third-order valence-corrected chi connectivity index (χ3v) is 6.10. The van der Waals surface area contributed by atoms with Gasteiger partial charge in [-0.15, -0.1) is 0 Å². The van der Waals surface area contributed by atoms with E-state index in [1.165, 1.54) is 45.2 Å². The second kappa shape index (κ2) is 7.87. The van der Waals surface area contributed by atoms with Crippen LogP contribution in [0.5, 0.6) is 0 Å². The Bertz CT molecular complexity index is 1040. The maximum Gasteiger partial charge on any atom is 0.417 e. The van der Waals surface area contributed by atoms with Crippen molar-refractivity contribution in [2.24, 2.45) is 5.92 Å². The van der Waals surface area contributed by atoms with E-state index in [1.807, 2.05) is 18.2 Å². The fraction of sp³-hybridized carbons (Fsp3) is 0.476. The first-order chi connectivity index (χ1) is 14.2. The first-order valence-electron chi connectivity index (χ1n) is 10.5. The van der Waals surface area contributed by atoms with Gasteiger partial charge < -0.3 is 20.0 Å². The molecule has 8 nitrogen and oxygen atoms in total. The Labute approximate surface area is 168 Å². The van der Waals surface area contributed by atoms with Crippen molar-refractivity contribution in [3.05, 3.63) is 41.0 Å². The first-order valence-corrected chi connectivity index (χ1v) is 10.5. The molecule has 29 heavy (non-hydrogen) atoms. The van der Waals surface area contributed by atoms with E-state index >= 15 is 0 Å². The summed E-state index contributed by atoms with van der Waals surface area (Å²) in [6.07, 6.45) is 8.35. The topological polar surface area (TPSA) is 99.1 Å². The molecule has 0 spiro atoms. The zero-order valence-electron chi connectivity index (χ0n) is 16.4. The molecule has 2 aliphatic rings. The lowest BCUT2D eigenvalue weighted by atomic mass is 9.83. The first kappa shape index (κ1) is 18.2. The largest absolute Gasteiger partial charge is 0.417 e. The Kier molecular flexibility index (Phi) is 4.93. The van der Waals surface area contributed by atoms with Gasteiger partial charge in [0.2, 0.25) is 5.95 Å². The molecule has 5 rings (SSSR count). The number of hydrogen-bond donors (Lipinski definition) is 3. The van der Waals surface area contributed by atoms with Crippen molar-refractivity contribution in [3.63, 3.8) is 0 Å². The summed E-state index contributed by atoms with van der Waals surface area (Å²) in [7, 11) is 0. The van der Waals surface area contributed by atoms with Crippen LogP contribution in [-0.2, 0) is 0 Å². The van der Waals surface area contributed by atoms with E-state index in [2.05, 4.69) is 30.5 Å². The molecule has 0 amide bonds. The van der Waals surface area contributed by atoms with E-state index < -0.39 is 5.76 Å². The highest BCUT2D eigenvalue weighted by Crippen LogP contribution is 2.31. The van der Waals surface area contributed by atoms with E-state index in [4.69, 9.17) is 4.42 Å². The van der Waals surface area contributed by atoms with Crippen LogP contribution in [0.1, 0.15) is 32.1 Å². The normalized spacial score (nSPS) is 22.3. The van der Waals surface area contributed by atoms with E-state index in [1.54, 1.807) is 12.3 Å². The van der Waals surface area contributed by atoms with Crippen molar-refractivity contribution < 1.29 is 4.42 Å². The second-order valence-electron chi connectivity index (χ2n) is 8.00. The Morgan fingerprint density at radius 3 is 3.07 bits per heavy atom. The van der Waals surface area contributed by atoms with Gasteiger partial charge in [-0.1, -0.05) is 6.42 Å². The summed E-state index contributed by atoms with van der Waals surface area (Å²) < 4.78 is 5.04. The Balaban J connectivity index is 1.25. The van der Waals surface area contributed by atoms with Gasteiger partial charge in [0.15, 0.2) is 5.58 Å². The Morgan fingerprint density at radius 1 is 1.17 bits per heavy atom. The van der Waals surface area contributed by atoms with Crippen LogP contribution in [0.25, 0.3) is 11.1 Å². The number of fused-ring (bicyclic) bond motifs is 2. The minimum absolute atomic E-state index is 0.459. The van der Waals surface area contributed by atoms with E-state index in [-0.39, 0.29) is 0 Å². The van der Waals surface area contributed by atoms with Crippen LogP contribution in [0.2, 0.25) is 0 Å². The summed E-state index contributed by atoms with van der Waals surface area (Å²) in [4.78, 5) is 25.6. The van der Waals surface area contributed by atoms with Crippen LogP contribution in [0.3, 0.4) is 0 Å². The number of nitrogens with one attached hydrogen (secondary N) is 3. The summed E-state index contributed by atoms with van der Waals surface area (Å²) in [6.45, 7) is 3.46. The lowest BCUT2D eigenvalue weighted by Gasteiger charge is -2.44. The summed E-state index contributed by atoms with van der Waals surface area (Å²) >= 11 is 0. The monoisotopic (exact) mass is 394 g/mol. The van der Waals surface area contributed by atoms with Crippen LogP contribution in [-0.4, -0.2) is 45.5 Å². The van der Waals surface area contributed by atoms with Crippen LogP contribution < -0.4 is 16.4 Å². The molecule has 2 fully saturated rings. The molecule has 0 bridgehead atoms. The van der Waals surface area contributed by atoms with Crippen LogP contribution >= 0.6 is 0 Å². The van der Waals surface area contributed by atoms with Gasteiger partial charge in [-0.25, -0.2) is 9.78 Å². The third-order valence-electron chi connectivity index (χ3n) is 6.10. The number of anilines is 3. The fourth-order valence-electron chi connectivity index (χ4n) is 4.73. The van der Waals surface area contributed by atoms with Crippen molar-refractivity contribution in [2.75, 3.05) is 30.3 Å². The molecule has 0 radical (unpaired) electrons. The SMILES string of the molecule is O=c1[nH]c2cc(Nc3nccc(NCC4CCCN5CCCCC45)n3)ccc2o1. The van der Waals surface area contributed by atoms with Crippen molar-refractivity contribution in [2.45, 2.75) is 38.1 Å². The Morgan fingerprint density at radius 2 is 2.10 bits per heavy atom. The molecule has 8 heteroatoms. The van der Waals surface area contributed by atoms with E-state index in [0.717, 1.165) is 18.1 Å². The predicted molar refractivity (Wildman–Crippen MR) is 113 cm³/mol. The molecule has 0 saturated carbocycles. The summed E-state index contributed by atoms with van der Waals surface area (Å²) in [5.41, 5.74) is 1.96. The molecule has 152 valence electrons. The van der Waals surface area contributed by atoms with Crippen molar-refractivity contribution in [3.8, 4) is 0 Å². The number of benzene rings is 1. The molecule has 2 aliphatic heterocycles. The van der Waals surface area contributed by atoms with Gasteiger partial charge in [0.1, 0.15) is 5.82 Å². The molecule has 0 aliphatic carbocycles. The molecule has 2 unspecified atom stereocenters. The van der Waals surface area contributed by atoms with Crippen molar-refractivity contribution in [1.29, 1.82) is 0 Å². The summed E-state index contributed by atoms with van der Waals surface area (Å²) in [5, 5.41) is 6.72. The quantitative estimate of drug-likeness (QED) is 0.610. The fourth-order valence-corrected chi connectivity index (χ4v) is 4.73. The maximum atomic E-state index is 11.3. The summed E-state index contributed by atoms with van der Waals surface area (Å²) in [5.74, 6) is 1.56. The minimum atomic E-state index is -0.459. The molecule has 2 aromatic heterocycles.